The van der Waals surface area contributed by atoms with E-state index in [-0.39, 0.29) is 23.4 Å². The molecule has 4 atom stereocenters. The monoisotopic (exact) mass is 438 g/mol. The van der Waals surface area contributed by atoms with Gasteiger partial charge < -0.3 is 9.47 Å². The molecule has 5 heteroatoms. The normalized spacial score (nSPS) is 24.9. The highest BCUT2D eigenvalue weighted by Gasteiger charge is 2.36. The lowest BCUT2D eigenvalue weighted by Crippen LogP contribution is -2.35. The lowest BCUT2D eigenvalue weighted by molar-refractivity contribution is -0.00620. The number of hydrogen-bond donors (Lipinski definition) is 0. The van der Waals surface area contributed by atoms with E-state index in [2.05, 4.69) is 6.92 Å². The summed E-state index contributed by atoms with van der Waals surface area (Å²) in [6.07, 6.45) is 9.53. The summed E-state index contributed by atoms with van der Waals surface area (Å²) in [7, 11) is 0. The van der Waals surface area contributed by atoms with Crippen molar-refractivity contribution in [3.05, 3.63) is 65.5 Å². The highest BCUT2D eigenvalue weighted by atomic mass is 19.1. The van der Waals surface area contributed by atoms with Gasteiger partial charge in [0.25, 0.3) is 0 Å². The first-order valence-corrected chi connectivity index (χ1v) is 11.8. The van der Waals surface area contributed by atoms with E-state index in [1.54, 1.807) is 18.2 Å². The number of hydrogen-bond acceptors (Lipinski definition) is 4. The Bertz CT molecular complexity index is 939. The maximum atomic E-state index is 13.7. The largest absolute Gasteiger partial charge is 0.459 e. The Morgan fingerprint density at radius 2 is 1.62 bits per heavy atom. The molecule has 0 heterocycles. The lowest BCUT2D eigenvalue weighted by atomic mass is 9.66. The molecule has 32 heavy (non-hydrogen) atoms. The molecule has 0 aromatic heterocycles. The molecule has 0 radical (unpaired) electrons. The van der Waals surface area contributed by atoms with Gasteiger partial charge in [-0.2, -0.15) is 0 Å². The standard InChI is InChI=1S/C27H31FO4/c1-2-5-18-8-9-21-17-23(15-12-20(21)16-18)32-26(29)19-10-13-22(14-11-19)31-27(30)24-6-3-4-7-25(24)28/h3-4,6-7,10-11,13-14,18,20-21,23H,2,5,8-9,12,15-17H2,1H3/t18-,20-,21+,23-/m1/s1. The second-order valence-electron chi connectivity index (χ2n) is 9.22. The summed E-state index contributed by atoms with van der Waals surface area (Å²) >= 11 is 0. The zero-order valence-corrected chi connectivity index (χ0v) is 18.6. The van der Waals surface area contributed by atoms with E-state index < -0.39 is 11.8 Å². The van der Waals surface area contributed by atoms with E-state index >= 15 is 0 Å². The van der Waals surface area contributed by atoms with Crippen molar-refractivity contribution in [2.75, 3.05) is 0 Å². The molecule has 2 aliphatic rings. The molecule has 2 saturated carbocycles. The van der Waals surface area contributed by atoms with Gasteiger partial charge >= 0.3 is 11.9 Å². The van der Waals surface area contributed by atoms with Gasteiger partial charge in [0, 0.05) is 0 Å². The summed E-state index contributed by atoms with van der Waals surface area (Å²) in [6.45, 7) is 2.27. The van der Waals surface area contributed by atoms with Gasteiger partial charge in [0.1, 0.15) is 17.7 Å². The molecular formula is C27H31FO4. The van der Waals surface area contributed by atoms with E-state index in [0.717, 1.165) is 31.1 Å². The molecule has 0 spiro atoms. The second kappa shape index (κ2) is 10.3. The van der Waals surface area contributed by atoms with Crippen molar-refractivity contribution in [1.82, 2.24) is 0 Å². The number of rotatable bonds is 6. The van der Waals surface area contributed by atoms with Crippen molar-refractivity contribution < 1.29 is 23.5 Å². The summed E-state index contributed by atoms with van der Waals surface area (Å²) in [6, 6.07) is 11.9. The number of carbonyl (C=O) groups excluding carboxylic acids is 2. The molecule has 2 aromatic carbocycles. The summed E-state index contributed by atoms with van der Waals surface area (Å²) in [5.74, 6) is 0.842. The molecule has 2 aliphatic carbocycles. The van der Waals surface area contributed by atoms with Crippen LogP contribution >= 0.6 is 0 Å². The van der Waals surface area contributed by atoms with Gasteiger partial charge in [-0.15, -0.1) is 0 Å². The summed E-state index contributed by atoms with van der Waals surface area (Å²) < 4.78 is 24.8. The number of ether oxygens (including phenoxy) is 2. The maximum Gasteiger partial charge on any atom is 0.346 e. The van der Waals surface area contributed by atoms with E-state index in [1.807, 2.05) is 0 Å². The molecular weight excluding hydrogens is 407 g/mol. The molecule has 0 amide bonds. The highest BCUT2D eigenvalue weighted by Crippen LogP contribution is 2.44. The summed E-state index contributed by atoms with van der Waals surface area (Å²) in [5, 5.41) is 0. The Labute approximate surface area is 189 Å². The number of fused-ring (bicyclic) bond motifs is 1. The van der Waals surface area contributed by atoms with Gasteiger partial charge in [0.05, 0.1) is 11.1 Å². The topological polar surface area (TPSA) is 52.6 Å². The predicted octanol–water partition coefficient (Wildman–Crippen LogP) is 6.59. The van der Waals surface area contributed by atoms with Crippen molar-refractivity contribution in [3.63, 3.8) is 0 Å². The highest BCUT2D eigenvalue weighted by molar-refractivity contribution is 5.92. The molecule has 2 fully saturated rings. The van der Waals surface area contributed by atoms with E-state index in [9.17, 15) is 14.0 Å². The molecule has 0 N–H and O–H groups in total. The van der Waals surface area contributed by atoms with E-state index in [4.69, 9.17) is 9.47 Å². The molecule has 2 aromatic rings. The van der Waals surface area contributed by atoms with Crippen LogP contribution in [-0.2, 0) is 4.74 Å². The van der Waals surface area contributed by atoms with Crippen LogP contribution in [0.15, 0.2) is 48.5 Å². The minimum atomic E-state index is -0.774. The van der Waals surface area contributed by atoms with Crippen LogP contribution in [0.3, 0.4) is 0 Å². The third-order valence-electron chi connectivity index (χ3n) is 7.04. The van der Waals surface area contributed by atoms with Gasteiger partial charge in [-0.25, -0.2) is 14.0 Å². The van der Waals surface area contributed by atoms with Crippen molar-refractivity contribution in [2.24, 2.45) is 17.8 Å². The van der Waals surface area contributed by atoms with Crippen LogP contribution in [0, 0.1) is 23.6 Å². The van der Waals surface area contributed by atoms with Crippen molar-refractivity contribution >= 4 is 11.9 Å². The SMILES string of the molecule is CCC[C@@H]1CC[C@H]2C[C@H](OC(=O)c3ccc(OC(=O)c4ccccc4F)cc3)CC[C@@H]2C1. The van der Waals surface area contributed by atoms with Gasteiger partial charge in [-0.05, 0) is 86.3 Å². The summed E-state index contributed by atoms with van der Waals surface area (Å²) in [5.41, 5.74) is 0.291. The first-order valence-electron chi connectivity index (χ1n) is 11.8. The van der Waals surface area contributed by atoms with Gasteiger partial charge in [-0.3, -0.25) is 0 Å². The number of benzene rings is 2. The fraction of sp³-hybridized carbons (Fsp3) is 0.481. The lowest BCUT2D eigenvalue weighted by Gasteiger charge is -2.41. The van der Waals surface area contributed by atoms with Crippen LogP contribution in [0.1, 0.15) is 79.0 Å². The number of halogens is 1. The maximum absolute atomic E-state index is 13.7. The first-order chi connectivity index (χ1) is 15.5. The number of carbonyl (C=O) groups is 2. The minimum Gasteiger partial charge on any atom is -0.459 e. The second-order valence-corrected chi connectivity index (χ2v) is 9.22. The molecule has 0 aliphatic heterocycles. The number of esters is 2. The van der Waals surface area contributed by atoms with Crippen molar-refractivity contribution in [2.45, 2.75) is 64.4 Å². The first kappa shape index (κ1) is 22.5. The molecule has 0 bridgehead atoms. The average molecular weight is 439 g/mol. The molecule has 170 valence electrons. The Morgan fingerprint density at radius 3 is 2.38 bits per heavy atom. The molecule has 4 nitrogen and oxygen atoms in total. The van der Waals surface area contributed by atoms with Crippen LogP contribution in [0.5, 0.6) is 5.75 Å². The van der Waals surface area contributed by atoms with Crippen molar-refractivity contribution in [1.29, 1.82) is 0 Å². The van der Waals surface area contributed by atoms with Crippen LogP contribution < -0.4 is 4.74 Å². The minimum absolute atomic E-state index is 0.0231. The predicted molar refractivity (Wildman–Crippen MR) is 120 cm³/mol. The fourth-order valence-corrected chi connectivity index (χ4v) is 5.39. The average Bonchev–Trinajstić information content (AvgIpc) is 2.80. The third kappa shape index (κ3) is 5.37. The van der Waals surface area contributed by atoms with Crippen LogP contribution in [0.2, 0.25) is 0 Å². The molecule has 0 saturated heterocycles. The molecule has 0 unspecified atom stereocenters. The zero-order valence-electron chi connectivity index (χ0n) is 18.6. The fourth-order valence-electron chi connectivity index (χ4n) is 5.39. The van der Waals surface area contributed by atoms with Crippen LogP contribution in [0.25, 0.3) is 0 Å². The van der Waals surface area contributed by atoms with Gasteiger partial charge in [0.15, 0.2) is 0 Å². The zero-order chi connectivity index (χ0) is 22.5. The molecule has 4 rings (SSSR count). The van der Waals surface area contributed by atoms with E-state index in [1.165, 1.54) is 62.4 Å². The smallest absolute Gasteiger partial charge is 0.346 e. The van der Waals surface area contributed by atoms with Crippen LogP contribution in [0.4, 0.5) is 4.39 Å². The van der Waals surface area contributed by atoms with E-state index in [0.29, 0.717) is 11.5 Å². The Hall–Kier alpha value is -2.69. The van der Waals surface area contributed by atoms with Gasteiger partial charge in [-0.1, -0.05) is 38.3 Å². The third-order valence-corrected chi connectivity index (χ3v) is 7.04. The quantitative estimate of drug-likeness (QED) is 0.377. The van der Waals surface area contributed by atoms with Crippen LogP contribution in [-0.4, -0.2) is 18.0 Å². The Kier molecular flexibility index (Phi) is 7.23. The Balaban J connectivity index is 1.29. The van der Waals surface area contributed by atoms with Crippen molar-refractivity contribution in [3.8, 4) is 5.75 Å². The van der Waals surface area contributed by atoms with Gasteiger partial charge in [0.2, 0.25) is 0 Å². The Morgan fingerprint density at radius 1 is 0.906 bits per heavy atom. The summed E-state index contributed by atoms with van der Waals surface area (Å²) in [4.78, 5) is 24.8.